The fraction of sp³-hybridized carbons (Fsp3) is 0.500. The van der Waals surface area contributed by atoms with Gasteiger partial charge in [0.1, 0.15) is 5.82 Å². The number of amides is 2. The Bertz CT molecular complexity index is 501. The summed E-state index contributed by atoms with van der Waals surface area (Å²) in [6, 6.07) is 3.51. The van der Waals surface area contributed by atoms with E-state index in [-0.39, 0.29) is 18.4 Å². The second-order valence-corrected chi connectivity index (χ2v) is 5.14. The van der Waals surface area contributed by atoms with Crippen LogP contribution >= 0.6 is 11.6 Å². The summed E-state index contributed by atoms with van der Waals surface area (Å²) in [5.74, 6) is 0.417. The molecule has 1 aliphatic rings. The molecule has 1 aromatic rings. The maximum atomic E-state index is 12.0. The van der Waals surface area contributed by atoms with Gasteiger partial charge in [0, 0.05) is 19.4 Å². The Hall–Kier alpha value is -1.62. The van der Waals surface area contributed by atoms with Gasteiger partial charge in [-0.2, -0.15) is 0 Å². The number of hydrogen-bond acceptors (Lipinski definition) is 4. The van der Waals surface area contributed by atoms with Gasteiger partial charge < -0.3 is 5.32 Å². The summed E-state index contributed by atoms with van der Waals surface area (Å²) in [7, 11) is 0. The van der Waals surface area contributed by atoms with Crippen LogP contribution in [-0.2, 0) is 16.1 Å². The van der Waals surface area contributed by atoms with E-state index in [2.05, 4.69) is 10.3 Å². The van der Waals surface area contributed by atoms with Gasteiger partial charge in [-0.3, -0.25) is 14.5 Å². The first-order chi connectivity index (χ1) is 9.61. The fourth-order valence-corrected chi connectivity index (χ4v) is 2.33. The summed E-state index contributed by atoms with van der Waals surface area (Å²) in [6.07, 6.45) is 2.35. The third kappa shape index (κ3) is 3.48. The Morgan fingerprint density at radius 2 is 1.90 bits per heavy atom. The number of halogens is 1. The smallest absolute Gasteiger partial charge is 0.229 e. The average molecular weight is 296 g/mol. The number of anilines is 1. The highest BCUT2D eigenvalue weighted by atomic mass is 35.5. The second-order valence-electron chi connectivity index (χ2n) is 4.74. The quantitative estimate of drug-likeness (QED) is 0.867. The first kappa shape index (κ1) is 14.8. The Labute approximate surface area is 123 Å². The molecule has 1 saturated heterocycles. The molecule has 0 radical (unpaired) electrons. The van der Waals surface area contributed by atoms with Crippen molar-refractivity contribution in [3.05, 3.63) is 22.8 Å². The van der Waals surface area contributed by atoms with Gasteiger partial charge in [-0.15, -0.1) is 0 Å². The zero-order valence-corrected chi connectivity index (χ0v) is 12.2. The summed E-state index contributed by atoms with van der Waals surface area (Å²) >= 11 is 6.11. The lowest BCUT2D eigenvalue weighted by Crippen LogP contribution is -2.34. The highest BCUT2D eigenvalue weighted by Gasteiger charge is 2.25. The third-order valence-electron chi connectivity index (χ3n) is 3.22. The third-order valence-corrected chi connectivity index (χ3v) is 3.56. The van der Waals surface area contributed by atoms with Crippen molar-refractivity contribution < 1.29 is 9.59 Å². The van der Waals surface area contributed by atoms with E-state index < -0.39 is 0 Å². The molecule has 2 heterocycles. The second kappa shape index (κ2) is 6.70. The summed E-state index contributed by atoms with van der Waals surface area (Å²) in [6.45, 7) is 2.86. The molecule has 0 unspecified atom stereocenters. The minimum absolute atomic E-state index is 0.140. The molecule has 0 atom stereocenters. The van der Waals surface area contributed by atoms with Crippen LogP contribution in [-0.4, -0.2) is 28.2 Å². The molecule has 5 nitrogen and oxygen atoms in total. The minimum Gasteiger partial charge on any atom is -0.370 e. The van der Waals surface area contributed by atoms with Gasteiger partial charge in [-0.1, -0.05) is 11.6 Å². The molecule has 108 valence electrons. The summed E-state index contributed by atoms with van der Waals surface area (Å²) < 4.78 is 0. The Morgan fingerprint density at radius 3 is 2.50 bits per heavy atom. The fourth-order valence-electron chi connectivity index (χ4n) is 2.16. The van der Waals surface area contributed by atoms with Crippen molar-refractivity contribution in [3.63, 3.8) is 0 Å². The van der Waals surface area contributed by atoms with E-state index in [0.717, 1.165) is 19.4 Å². The topological polar surface area (TPSA) is 62.3 Å². The van der Waals surface area contributed by atoms with Crippen molar-refractivity contribution in [2.75, 3.05) is 11.9 Å². The zero-order chi connectivity index (χ0) is 14.5. The molecule has 2 amide bonds. The van der Waals surface area contributed by atoms with Crippen molar-refractivity contribution in [2.45, 2.75) is 39.2 Å². The maximum absolute atomic E-state index is 12.0. The highest BCUT2D eigenvalue weighted by Crippen LogP contribution is 2.21. The van der Waals surface area contributed by atoms with E-state index >= 15 is 0 Å². The molecule has 1 aromatic heterocycles. The molecule has 0 saturated carbocycles. The van der Waals surface area contributed by atoms with Gasteiger partial charge >= 0.3 is 0 Å². The van der Waals surface area contributed by atoms with Gasteiger partial charge in [0.15, 0.2) is 0 Å². The largest absolute Gasteiger partial charge is 0.370 e. The van der Waals surface area contributed by atoms with Crippen LogP contribution in [0.2, 0.25) is 5.02 Å². The SMILES string of the molecule is CCNc1ccc(Cl)c(CN2C(=O)CCCCC2=O)n1. The zero-order valence-electron chi connectivity index (χ0n) is 11.5. The first-order valence-electron chi connectivity index (χ1n) is 6.84. The molecule has 0 bridgehead atoms. The van der Waals surface area contributed by atoms with Crippen LogP contribution in [0.15, 0.2) is 12.1 Å². The van der Waals surface area contributed by atoms with E-state index in [1.54, 1.807) is 12.1 Å². The summed E-state index contributed by atoms with van der Waals surface area (Å²) in [5, 5.41) is 3.56. The molecule has 1 fully saturated rings. The number of carbonyl (C=O) groups excluding carboxylic acids is 2. The van der Waals surface area contributed by atoms with Crippen molar-refractivity contribution in [1.82, 2.24) is 9.88 Å². The summed E-state index contributed by atoms with van der Waals surface area (Å²) in [4.78, 5) is 29.6. The van der Waals surface area contributed by atoms with Gasteiger partial charge in [0.05, 0.1) is 17.3 Å². The highest BCUT2D eigenvalue weighted by molar-refractivity contribution is 6.31. The predicted molar refractivity (Wildman–Crippen MR) is 77.4 cm³/mol. The van der Waals surface area contributed by atoms with E-state index in [4.69, 9.17) is 11.6 Å². The maximum Gasteiger partial charge on any atom is 0.229 e. The van der Waals surface area contributed by atoms with Gasteiger partial charge in [0.2, 0.25) is 11.8 Å². The predicted octanol–water partition coefficient (Wildman–Crippen LogP) is 2.60. The van der Waals surface area contributed by atoms with E-state index in [9.17, 15) is 9.59 Å². The Kier molecular flexibility index (Phi) is 4.95. The summed E-state index contributed by atoms with van der Waals surface area (Å²) in [5.41, 5.74) is 0.550. The van der Waals surface area contributed by atoms with Crippen LogP contribution in [0.25, 0.3) is 0 Å². The molecule has 0 aromatic carbocycles. The van der Waals surface area contributed by atoms with Crippen LogP contribution in [0, 0.1) is 0 Å². The van der Waals surface area contributed by atoms with Crippen LogP contribution < -0.4 is 5.32 Å². The molecule has 1 N–H and O–H groups in total. The number of nitrogens with zero attached hydrogens (tertiary/aromatic N) is 2. The number of hydrogen-bond donors (Lipinski definition) is 1. The molecule has 0 aliphatic carbocycles. The lowest BCUT2D eigenvalue weighted by molar-refractivity contribution is -0.144. The number of pyridine rings is 1. The van der Waals surface area contributed by atoms with Crippen LogP contribution in [0.3, 0.4) is 0 Å². The Balaban J connectivity index is 2.20. The standard InChI is InChI=1S/C14H18ClN3O2/c1-2-16-12-8-7-10(15)11(17-12)9-18-13(19)5-3-4-6-14(18)20/h7-8H,2-6,9H2,1H3,(H,16,17). The lowest BCUT2D eigenvalue weighted by atomic mass is 10.2. The molecule has 20 heavy (non-hydrogen) atoms. The molecular weight excluding hydrogens is 278 g/mol. The molecule has 0 spiro atoms. The molecular formula is C14H18ClN3O2. The van der Waals surface area contributed by atoms with Crippen LogP contribution in [0.5, 0.6) is 0 Å². The van der Waals surface area contributed by atoms with Crippen molar-refractivity contribution in [3.8, 4) is 0 Å². The van der Waals surface area contributed by atoms with Gasteiger partial charge in [-0.25, -0.2) is 4.98 Å². The number of likely N-dealkylation sites (tertiary alicyclic amines) is 1. The van der Waals surface area contributed by atoms with Crippen LogP contribution in [0.4, 0.5) is 5.82 Å². The van der Waals surface area contributed by atoms with E-state index in [1.165, 1.54) is 4.90 Å². The average Bonchev–Trinajstić information content (AvgIpc) is 2.58. The van der Waals surface area contributed by atoms with Crippen molar-refractivity contribution in [2.24, 2.45) is 0 Å². The minimum atomic E-state index is -0.140. The normalized spacial score (nSPS) is 16.2. The number of carbonyl (C=O) groups is 2. The number of aromatic nitrogens is 1. The molecule has 1 aliphatic heterocycles. The van der Waals surface area contributed by atoms with Crippen LogP contribution in [0.1, 0.15) is 38.3 Å². The first-order valence-corrected chi connectivity index (χ1v) is 7.22. The Morgan fingerprint density at radius 1 is 1.25 bits per heavy atom. The molecule has 2 rings (SSSR count). The van der Waals surface area contributed by atoms with Gasteiger partial charge in [-0.05, 0) is 31.9 Å². The van der Waals surface area contributed by atoms with E-state index in [1.807, 2.05) is 6.92 Å². The number of imide groups is 1. The number of nitrogens with one attached hydrogen (secondary N) is 1. The van der Waals surface area contributed by atoms with Gasteiger partial charge in [0.25, 0.3) is 0 Å². The lowest BCUT2D eigenvalue weighted by Gasteiger charge is -2.19. The molecule has 6 heteroatoms. The van der Waals surface area contributed by atoms with E-state index in [0.29, 0.717) is 29.4 Å². The van der Waals surface area contributed by atoms with Crippen molar-refractivity contribution in [1.29, 1.82) is 0 Å². The number of rotatable bonds is 4. The monoisotopic (exact) mass is 295 g/mol. The van der Waals surface area contributed by atoms with Crippen molar-refractivity contribution >= 4 is 29.2 Å².